The van der Waals surface area contributed by atoms with E-state index in [1.54, 1.807) is 23.0 Å². The molecule has 0 aliphatic heterocycles. The Bertz CT molecular complexity index is 1660. The number of nitrogens with one attached hydrogen (secondary N) is 1. The van der Waals surface area contributed by atoms with Crippen molar-refractivity contribution < 1.29 is 14.2 Å². The number of anilines is 2. The van der Waals surface area contributed by atoms with Gasteiger partial charge in [0.1, 0.15) is 17.7 Å². The van der Waals surface area contributed by atoms with E-state index in [2.05, 4.69) is 30.5 Å². The van der Waals surface area contributed by atoms with Gasteiger partial charge in [-0.2, -0.15) is 10.2 Å². The van der Waals surface area contributed by atoms with E-state index in [-0.39, 0.29) is 11.9 Å². The van der Waals surface area contributed by atoms with Crippen LogP contribution >= 0.6 is 0 Å². The van der Waals surface area contributed by atoms with Crippen molar-refractivity contribution in [3.05, 3.63) is 89.1 Å². The molecule has 1 aliphatic carbocycles. The second-order valence-corrected chi connectivity index (χ2v) is 9.31. The normalized spacial score (nSPS) is 19.4. The van der Waals surface area contributed by atoms with Crippen LogP contribution in [0.25, 0.3) is 26.9 Å². The Morgan fingerprint density at radius 1 is 1.18 bits per heavy atom. The summed E-state index contributed by atoms with van der Waals surface area (Å²) < 4.78 is 23.4. The molecule has 3 heterocycles. The molecule has 0 spiro atoms. The highest BCUT2D eigenvalue weighted by Crippen LogP contribution is 2.33. The summed E-state index contributed by atoms with van der Waals surface area (Å²) >= 11 is 0. The number of rotatable bonds is 7. The number of nitrogens with zero attached hydrogens (tertiary/aromatic N) is 8. The number of hydrogen-bond acceptors (Lipinski definition) is 7. The van der Waals surface area contributed by atoms with E-state index >= 15 is 0 Å². The van der Waals surface area contributed by atoms with E-state index in [0.717, 1.165) is 22.2 Å². The number of benzene rings is 2. The molecular formula is C26H24FN9O2. The number of hydrogen-bond donors (Lipinski definition) is 2. The molecule has 0 radical (unpaired) electrons. The number of aliphatic hydroxyl groups excluding tert-OH is 1. The maximum Gasteiger partial charge on any atom is 0.162 e. The number of ether oxygens (including phenoxy) is 1. The fourth-order valence-electron chi connectivity index (χ4n) is 4.92. The molecule has 0 saturated heterocycles. The van der Waals surface area contributed by atoms with Crippen molar-refractivity contribution in [2.45, 2.75) is 44.1 Å². The second kappa shape index (κ2) is 10.0. The number of fused-ring (bicyclic) bond motifs is 2. The summed E-state index contributed by atoms with van der Waals surface area (Å²) in [5, 5.41) is 26.9. The summed E-state index contributed by atoms with van der Waals surface area (Å²) in [6.45, 7) is 0.462. The minimum Gasteiger partial charge on any atom is -0.488 e. The van der Waals surface area contributed by atoms with Gasteiger partial charge >= 0.3 is 0 Å². The molecule has 1 saturated carbocycles. The maximum absolute atomic E-state index is 13.6. The minimum atomic E-state index is -0.662. The van der Waals surface area contributed by atoms with E-state index in [1.165, 1.54) is 18.5 Å². The van der Waals surface area contributed by atoms with Crippen LogP contribution in [0, 0.1) is 5.82 Å². The van der Waals surface area contributed by atoms with Gasteiger partial charge in [0, 0.05) is 28.2 Å². The zero-order valence-electron chi connectivity index (χ0n) is 20.2. The Labute approximate surface area is 216 Å². The summed E-state index contributed by atoms with van der Waals surface area (Å²) in [5.41, 5.74) is 12.0. The monoisotopic (exact) mass is 513 g/mol. The van der Waals surface area contributed by atoms with Crippen molar-refractivity contribution in [2.75, 3.05) is 5.32 Å². The smallest absolute Gasteiger partial charge is 0.162 e. The summed E-state index contributed by atoms with van der Waals surface area (Å²) in [7, 11) is 0. The number of azide groups is 1. The van der Waals surface area contributed by atoms with Gasteiger partial charge in [-0.15, -0.1) is 0 Å². The van der Waals surface area contributed by atoms with Gasteiger partial charge in [0.05, 0.1) is 36.5 Å². The van der Waals surface area contributed by atoms with Gasteiger partial charge in [0.2, 0.25) is 0 Å². The predicted molar refractivity (Wildman–Crippen MR) is 139 cm³/mol. The van der Waals surface area contributed by atoms with Crippen LogP contribution in [0.3, 0.4) is 0 Å². The fraction of sp³-hybridized carbons (Fsp3) is 0.269. The standard InChI is InChI=1S/C26H24FN9O2/c27-18-3-1-2-16(10-18)14-36-22-6-4-19(11-17(22)13-30-36)32-26-25-24(8-9-35(25)31-15-29-26)38-20-5-7-23(37)21(12-20)33-34-28/h1-4,6,8-11,13,15,20-21,23,37H,5,7,12,14H2,(H,29,31,32). The second-order valence-electron chi connectivity index (χ2n) is 9.31. The zero-order chi connectivity index (χ0) is 26.1. The van der Waals surface area contributed by atoms with Crippen LogP contribution in [0.2, 0.25) is 0 Å². The lowest BCUT2D eigenvalue weighted by Gasteiger charge is -2.30. The first-order valence-electron chi connectivity index (χ1n) is 12.3. The molecule has 0 bridgehead atoms. The van der Waals surface area contributed by atoms with Crippen LogP contribution in [0.5, 0.6) is 5.75 Å². The molecule has 3 aromatic heterocycles. The van der Waals surface area contributed by atoms with Crippen LogP contribution in [-0.4, -0.2) is 47.7 Å². The van der Waals surface area contributed by atoms with E-state index in [1.807, 2.05) is 35.0 Å². The third-order valence-corrected chi connectivity index (χ3v) is 6.77. The van der Waals surface area contributed by atoms with Crippen molar-refractivity contribution in [3.63, 3.8) is 0 Å². The summed E-state index contributed by atoms with van der Waals surface area (Å²) in [6.07, 6.45) is 5.72. The van der Waals surface area contributed by atoms with Gasteiger partial charge in [-0.25, -0.2) is 13.9 Å². The molecule has 3 atom stereocenters. The molecule has 192 valence electrons. The summed E-state index contributed by atoms with van der Waals surface area (Å²) in [5.74, 6) is 0.888. The number of aliphatic hydroxyl groups is 1. The van der Waals surface area contributed by atoms with Crippen LogP contribution in [0.4, 0.5) is 15.9 Å². The van der Waals surface area contributed by atoms with E-state index in [9.17, 15) is 9.50 Å². The summed E-state index contributed by atoms with van der Waals surface area (Å²) in [6, 6.07) is 13.7. The number of halogens is 1. The van der Waals surface area contributed by atoms with Gasteiger partial charge in [-0.3, -0.25) is 4.68 Å². The van der Waals surface area contributed by atoms with Crippen molar-refractivity contribution in [1.82, 2.24) is 24.4 Å². The average Bonchev–Trinajstić information content (AvgIpc) is 3.51. The molecule has 5 aromatic rings. The Morgan fingerprint density at radius 3 is 2.97 bits per heavy atom. The van der Waals surface area contributed by atoms with E-state index < -0.39 is 12.1 Å². The average molecular weight is 514 g/mol. The van der Waals surface area contributed by atoms with Crippen molar-refractivity contribution in [1.29, 1.82) is 0 Å². The van der Waals surface area contributed by atoms with Crippen LogP contribution in [-0.2, 0) is 6.54 Å². The quantitative estimate of drug-likeness (QED) is 0.179. The van der Waals surface area contributed by atoms with Gasteiger partial charge in [0.15, 0.2) is 11.6 Å². The topological polar surface area (TPSA) is 138 Å². The van der Waals surface area contributed by atoms with Gasteiger partial charge in [-0.1, -0.05) is 17.2 Å². The molecule has 2 N–H and O–H groups in total. The third kappa shape index (κ3) is 4.70. The van der Waals surface area contributed by atoms with Gasteiger partial charge in [0.25, 0.3) is 0 Å². The Morgan fingerprint density at radius 2 is 2.11 bits per heavy atom. The number of aromatic nitrogens is 5. The Kier molecular flexibility index (Phi) is 6.24. The molecule has 38 heavy (non-hydrogen) atoms. The molecule has 1 aliphatic rings. The lowest BCUT2D eigenvalue weighted by Crippen LogP contribution is -2.37. The van der Waals surface area contributed by atoms with Crippen LogP contribution < -0.4 is 10.1 Å². The lowest BCUT2D eigenvalue weighted by atomic mass is 9.91. The maximum atomic E-state index is 13.6. The molecule has 1 fully saturated rings. The van der Waals surface area contributed by atoms with Crippen molar-refractivity contribution in [2.24, 2.45) is 5.11 Å². The molecule has 2 aromatic carbocycles. The molecule has 0 amide bonds. The van der Waals surface area contributed by atoms with E-state index in [0.29, 0.717) is 42.9 Å². The van der Waals surface area contributed by atoms with Gasteiger partial charge in [-0.05, 0) is 60.7 Å². The highest BCUT2D eigenvalue weighted by molar-refractivity contribution is 5.86. The first-order chi connectivity index (χ1) is 18.6. The molecular weight excluding hydrogens is 489 g/mol. The third-order valence-electron chi connectivity index (χ3n) is 6.77. The highest BCUT2D eigenvalue weighted by Gasteiger charge is 2.30. The SMILES string of the molecule is [N-]=[N+]=NC1CC(Oc2ccn3ncnc(Nc4ccc5c(cnn5Cc5cccc(F)c5)c4)c23)CCC1O. The summed E-state index contributed by atoms with van der Waals surface area (Å²) in [4.78, 5) is 7.30. The highest BCUT2D eigenvalue weighted by atomic mass is 19.1. The molecule has 11 nitrogen and oxygen atoms in total. The van der Waals surface area contributed by atoms with Crippen molar-refractivity contribution in [3.8, 4) is 5.75 Å². The van der Waals surface area contributed by atoms with Crippen molar-refractivity contribution >= 4 is 27.9 Å². The van der Waals surface area contributed by atoms with Crippen LogP contribution in [0.1, 0.15) is 24.8 Å². The first-order valence-corrected chi connectivity index (χ1v) is 12.3. The zero-order valence-corrected chi connectivity index (χ0v) is 20.2. The van der Waals surface area contributed by atoms with E-state index in [4.69, 9.17) is 10.3 Å². The van der Waals surface area contributed by atoms with Gasteiger partial charge < -0.3 is 15.2 Å². The first kappa shape index (κ1) is 23.7. The predicted octanol–water partition coefficient (Wildman–Crippen LogP) is 4.98. The fourth-order valence-corrected chi connectivity index (χ4v) is 4.92. The van der Waals surface area contributed by atoms with Crippen LogP contribution in [0.15, 0.2) is 72.4 Å². The Hall–Kier alpha value is -4.67. The molecule has 3 unspecified atom stereocenters. The minimum absolute atomic E-state index is 0.214. The Balaban J connectivity index is 1.24. The molecule has 6 rings (SSSR count). The molecule has 12 heteroatoms. The lowest BCUT2D eigenvalue weighted by molar-refractivity contribution is 0.0501. The largest absolute Gasteiger partial charge is 0.488 e.